The molecule has 0 saturated carbocycles. The number of nitrogens with two attached hydrogens (primary N) is 1. The van der Waals surface area contributed by atoms with Crippen LogP contribution >= 0.6 is 11.8 Å². The summed E-state index contributed by atoms with van der Waals surface area (Å²) in [5.41, 5.74) is 5.41. The summed E-state index contributed by atoms with van der Waals surface area (Å²) >= 11 is 1.72. The predicted molar refractivity (Wildman–Crippen MR) is 56.2 cm³/mol. The van der Waals surface area contributed by atoms with Crippen molar-refractivity contribution >= 4 is 17.6 Å². The normalized spacial score (nSPS) is 17.0. The second-order valence-corrected chi connectivity index (χ2v) is 4.55. The maximum atomic E-state index is 8.66. The first-order valence-corrected chi connectivity index (χ1v) is 5.36. The number of oxime groups is 1. The molecule has 0 aliphatic rings. The molecular weight excluding hydrogens is 188 g/mol. The molecule has 0 amide bonds. The van der Waals surface area contributed by atoms with E-state index in [0.29, 0.717) is 5.25 Å². The third-order valence-corrected chi connectivity index (χ3v) is 3.28. The van der Waals surface area contributed by atoms with E-state index in [2.05, 4.69) is 12.1 Å². The molecule has 0 aliphatic carbocycles. The third kappa shape index (κ3) is 5.76. The van der Waals surface area contributed by atoms with Crippen LogP contribution < -0.4 is 5.73 Å². The van der Waals surface area contributed by atoms with E-state index in [0.717, 1.165) is 12.2 Å². The zero-order chi connectivity index (χ0) is 10.3. The molecular formula is C8H18N2O2S. The molecule has 0 fully saturated rings. The van der Waals surface area contributed by atoms with E-state index < -0.39 is 0 Å². The Morgan fingerprint density at radius 1 is 1.54 bits per heavy atom. The van der Waals surface area contributed by atoms with E-state index in [1.54, 1.807) is 11.8 Å². The highest BCUT2D eigenvalue weighted by Gasteiger charge is 2.10. The van der Waals surface area contributed by atoms with Crippen molar-refractivity contribution in [2.45, 2.75) is 25.5 Å². The van der Waals surface area contributed by atoms with Gasteiger partial charge in [0.1, 0.15) is 5.84 Å². The predicted octanol–water partition coefficient (Wildman–Crippen LogP) is 0.873. The Morgan fingerprint density at radius 3 is 2.62 bits per heavy atom. The van der Waals surface area contributed by atoms with Crippen molar-refractivity contribution in [1.29, 1.82) is 0 Å². The summed E-state index contributed by atoms with van der Waals surface area (Å²) < 4.78 is 0. The molecule has 4 nitrogen and oxygen atoms in total. The summed E-state index contributed by atoms with van der Waals surface area (Å²) in [4.78, 5) is 0. The van der Waals surface area contributed by atoms with Crippen molar-refractivity contribution in [2.75, 3.05) is 12.4 Å². The lowest BCUT2D eigenvalue weighted by atomic mass is 10.2. The summed E-state index contributed by atoms with van der Waals surface area (Å²) in [6, 6.07) is 0. The number of aliphatic hydroxyl groups is 1. The molecule has 78 valence electrons. The minimum atomic E-state index is 0.0798. The first-order valence-electron chi connectivity index (χ1n) is 4.31. The number of hydrogen-bond donors (Lipinski definition) is 3. The fourth-order valence-electron chi connectivity index (χ4n) is 0.758. The Morgan fingerprint density at radius 2 is 2.15 bits per heavy atom. The van der Waals surface area contributed by atoms with Gasteiger partial charge in [0.25, 0.3) is 0 Å². The van der Waals surface area contributed by atoms with Gasteiger partial charge in [-0.1, -0.05) is 19.0 Å². The van der Waals surface area contributed by atoms with Crippen LogP contribution in [0.4, 0.5) is 0 Å². The smallest absolute Gasteiger partial charge is 0.142 e. The average Bonchev–Trinajstić information content (AvgIpc) is 2.13. The molecule has 0 bridgehead atoms. The maximum Gasteiger partial charge on any atom is 0.142 e. The van der Waals surface area contributed by atoms with Crippen LogP contribution in [0.5, 0.6) is 0 Å². The minimum Gasteiger partial charge on any atom is -0.409 e. The molecule has 0 radical (unpaired) electrons. The fraction of sp³-hybridized carbons (Fsp3) is 0.875. The molecule has 0 aromatic rings. The first-order chi connectivity index (χ1) is 6.11. The Balaban J connectivity index is 3.63. The summed E-state index contributed by atoms with van der Waals surface area (Å²) in [7, 11) is 0. The maximum absolute atomic E-state index is 8.66. The molecule has 0 saturated heterocycles. The van der Waals surface area contributed by atoms with Gasteiger partial charge in [0.2, 0.25) is 0 Å². The van der Waals surface area contributed by atoms with Gasteiger partial charge >= 0.3 is 0 Å². The van der Waals surface area contributed by atoms with Crippen molar-refractivity contribution in [3.05, 3.63) is 0 Å². The molecule has 0 aliphatic heterocycles. The Labute approximate surface area is 83.2 Å². The SMILES string of the molecule is CC(CCO)SCC(C)C(N)=NO. The number of thioether (sulfide) groups is 1. The van der Waals surface area contributed by atoms with Gasteiger partial charge in [0.15, 0.2) is 0 Å². The number of amidine groups is 1. The van der Waals surface area contributed by atoms with Gasteiger partial charge in [-0.25, -0.2) is 0 Å². The highest BCUT2D eigenvalue weighted by atomic mass is 32.2. The highest BCUT2D eigenvalue weighted by Crippen LogP contribution is 2.17. The zero-order valence-corrected chi connectivity index (χ0v) is 8.92. The summed E-state index contributed by atoms with van der Waals surface area (Å²) in [6.45, 7) is 4.18. The van der Waals surface area contributed by atoms with Crippen LogP contribution in [-0.4, -0.2) is 33.8 Å². The molecule has 2 unspecified atom stereocenters. The van der Waals surface area contributed by atoms with Crippen LogP contribution in [0.2, 0.25) is 0 Å². The van der Waals surface area contributed by atoms with Crippen molar-refractivity contribution in [3.63, 3.8) is 0 Å². The fourth-order valence-corrected chi connectivity index (χ4v) is 1.82. The van der Waals surface area contributed by atoms with Gasteiger partial charge in [-0.15, -0.1) is 0 Å². The molecule has 0 rings (SSSR count). The molecule has 13 heavy (non-hydrogen) atoms. The van der Waals surface area contributed by atoms with Gasteiger partial charge in [-0.05, 0) is 6.42 Å². The lowest BCUT2D eigenvalue weighted by molar-refractivity contribution is 0.289. The standard InChI is InChI=1S/C8H18N2O2S/c1-6(8(9)10-12)5-13-7(2)3-4-11/h6-7,11-12H,3-5H2,1-2H3,(H2,9,10). The van der Waals surface area contributed by atoms with Crippen LogP contribution in [0, 0.1) is 5.92 Å². The van der Waals surface area contributed by atoms with E-state index in [1.165, 1.54) is 0 Å². The Hall–Kier alpha value is -0.420. The molecule has 0 spiro atoms. The zero-order valence-electron chi connectivity index (χ0n) is 8.10. The second-order valence-electron chi connectivity index (χ2n) is 3.08. The molecule has 0 heterocycles. The summed E-state index contributed by atoms with van der Waals surface area (Å²) in [6.07, 6.45) is 0.785. The van der Waals surface area contributed by atoms with Crippen LogP contribution in [-0.2, 0) is 0 Å². The van der Waals surface area contributed by atoms with Gasteiger partial charge in [-0.2, -0.15) is 11.8 Å². The van der Waals surface area contributed by atoms with E-state index in [9.17, 15) is 0 Å². The second kappa shape index (κ2) is 7.03. The first kappa shape index (κ1) is 12.6. The van der Waals surface area contributed by atoms with Crippen molar-refractivity contribution in [2.24, 2.45) is 16.8 Å². The van der Waals surface area contributed by atoms with E-state index in [4.69, 9.17) is 16.0 Å². The highest BCUT2D eigenvalue weighted by molar-refractivity contribution is 7.99. The van der Waals surface area contributed by atoms with E-state index >= 15 is 0 Å². The van der Waals surface area contributed by atoms with E-state index in [-0.39, 0.29) is 18.4 Å². The van der Waals surface area contributed by atoms with Gasteiger partial charge in [-0.3, -0.25) is 0 Å². The van der Waals surface area contributed by atoms with Gasteiger partial charge in [0.05, 0.1) is 0 Å². The van der Waals surface area contributed by atoms with Crippen molar-refractivity contribution in [1.82, 2.24) is 0 Å². The average molecular weight is 206 g/mol. The van der Waals surface area contributed by atoms with Crippen LogP contribution in [0.25, 0.3) is 0 Å². The molecule has 0 aromatic heterocycles. The summed E-state index contributed by atoms with van der Waals surface area (Å²) in [5, 5.41) is 20.4. The molecule has 5 heteroatoms. The van der Waals surface area contributed by atoms with Crippen molar-refractivity contribution < 1.29 is 10.3 Å². The van der Waals surface area contributed by atoms with Crippen LogP contribution in [0.1, 0.15) is 20.3 Å². The minimum absolute atomic E-state index is 0.0798. The van der Waals surface area contributed by atoms with Crippen LogP contribution in [0.3, 0.4) is 0 Å². The Bertz CT molecular complexity index is 164. The lowest BCUT2D eigenvalue weighted by Crippen LogP contribution is -2.23. The summed E-state index contributed by atoms with van der Waals surface area (Å²) in [5.74, 6) is 1.16. The third-order valence-electron chi connectivity index (χ3n) is 1.79. The molecule has 2 atom stereocenters. The van der Waals surface area contributed by atoms with Gasteiger partial charge < -0.3 is 16.0 Å². The number of rotatable bonds is 6. The van der Waals surface area contributed by atoms with Crippen molar-refractivity contribution in [3.8, 4) is 0 Å². The van der Waals surface area contributed by atoms with E-state index in [1.807, 2.05) is 6.92 Å². The molecule has 0 aromatic carbocycles. The number of aliphatic hydroxyl groups excluding tert-OH is 1. The largest absolute Gasteiger partial charge is 0.409 e. The van der Waals surface area contributed by atoms with Gasteiger partial charge in [0, 0.05) is 23.5 Å². The monoisotopic (exact) mass is 206 g/mol. The topological polar surface area (TPSA) is 78.8 Å². The number of hydrogen-bond acceptors (Lipinski definition) is 4. The quantitative estimate of drug-likeness (QED) is 0.261. The lowest BCUT2D eigenvalue weighted by Gasteiger charge is -2.13. The number of nitrogens with zero attached hydrogens (tertiary/aromatic N) is 1. The Kier molecular flexibility index (Phi) is 6.80. The molecule has 4 N–H and O–H groups in total. The van der Waals surface area contributed by atoms with Crippen LogP contribution in [0.15, 0.2) is 5.16 Å².